The second kappa shape index (κ2) is 5.85. The summed E-state index contributed by atoms with van der Waals surface area (Å²) in [4.78, 5) is 0. The minimum Gasteiger partial charge on any atom is -0.310 e. The van der Waals surface area contributed by atoms with Crippen molar-refractivity contribution in [3.63, 3.8) is 0 Å². The molecule has 1 N–H and O–H groups in total. The van der Waals surface area contributed by atoms with Gasteiger partial charge < -0.3 is 5.32 Å². The highest BCUT2D eigenvalue weighted by atomic mass is 32.2. The van der Waals surface area contributed by atoms with Crippen LogP contribution < -0.4 is 5.32 Å². The Bertz CT molecular complexity index is 274. The van der Waals surface area contributed by atoms with Crippen LogP contribution in [-0.4, -0.2) is 32.0 Å². The second-order valence-electron chi connectivity index (χ2n) is 4.66. The number of sulfone groups is 1. The molecular formula is C11H23NO2S. The summed E-state index contributed by atoms with van der Waals surface area (Å²) in [5.74, 6) is 0.706. The van der Waals surface area contributed by atoms with E-state index >= 15 is 0 Å². The lowest BCUT2D eigenvalue weighted by atomic mass is 10.1. The van der Waals surface area contributed by atoms with E-state index in [0.717, 1.165) is 12.8 Å². The zero-order chi connectivity index (χ0) is 11.3. The predicted octanol–water partition coefficient (Wildman–Crippen LogP) is 1.73. The van der Waals surface area contributed by atoms with E-state index in [9.17, 15) is 8.42 Å². The summed E-state index contributed by atoms with van der Waals surface area (Å²) in [5, 5.41) is 3.41. The summed E-state index contributed by atoms with van der Waals surface area (Å²) in [6.45, 7) is 4.35. The highest BCUT2D eigenvalue weighted by Crippen LogP contribution is 2.13. The van der Waals surface area contributed by atoms with Crippen molar-refractivity contribution in [1.82, 2.24) is 5.32 Å². The summed E-state index contributed by atoms with van der Waals surface area (Å²) < 4.78 is 22.5. The van der Waals surface area contributed by atoms with Crippen molar-refractivity contribution in [1.29, 1.82) is 0 Å². The molecule has 1 rings (SSSR count). The third-order valence-corrected chi connectivity index (χ3v) is 4.76. The first-order chi connectivity index (χ1) is 7.03. The van der Waals surface area contributed by atoms with E-state index in [1.807, 2.05) is 0 Å². The normalized spacial score (nSPS) is 26.7. The Morgan fingerprint density at radius 1 is 1.40 bits per heavy atom. The molecular weight excluding hydrogens is 210 g/mol. The van der Waals surface area contributed by atoms with E-state index in [1.54, 1.807) is 0 Å². The van der Waals surface area contributed by atoms with Crippen LogP contribution in [0.1, 0.15) is 46.0 Å². The molecule has 0 aromatic carbocycles. The quantitative estimate of drug-likeness (QED) is 0.711. The van der Waals surface area contributed by atoms with Crippen LogP contribution in [0.2, 0.25) is 0 Å². The van der Waals surface area contributed by atoms with E-state index in [1.165, 1.54) is 19.3 Å². The molecule has 1 aliphatic heterocycles. The number of unbranched alkanes of at least 4 members (excludes halogenated alkanes) is 2. The van der Waals surface area contributed by atoms with Crippen LogP contribution in [-0.2, 0) is 9.84 Å². The van der Waals surface area contributed by atoms with Crippen LogP contribution in [0.5, 0.6) is 0 Å². The molecule has 0 aromatic heterocycles. The SMILES string of the molecule is CCCCC[C@H](C)N[C@H]1CCS(=O)(=O)C1. The Morgan fingerprint density at radius 2 is 2.13 bits per heavy atom. The molecule has 0 saturated carbocycles. The smallest absolute Gasteiger partial charge is 0.151 e. The lowest BCUT2D eigenvalue weighted by Crippen LogP contribution is -2.37. The Hall–Kier alpha value is -0.0900. The highest BCUT2D eigenvalue weighted by molar-refractivity contribution is 7.91. The zero-order valence-corrected chi connectivity index (χ0v) is 10.6. The van der Waals surface area contributed by atoms with Gasteiger partial charge in [-0.15, -0.1) is 0 Å². The molecule has 1 saturated heterocycles. The molecule has 3 nitrogen and oxygen atoms in total. The van der Waals surface area contributed by atoms with E-state index in [-0.39, 0.29) is 6.04 Å². The summed E-state index contributed by atoms with van der Waals surface area (Å²) in [5.41, 5.74) is 0. The highest BCUT2D eigenvalue weighted by Gasteiger charge is 2.28. The van der Waals surface area contributed by atoms with Gasteiger partial charge in [0, 0.05) is 12.1 Å². The van der Waals surface area contributed by atoms with Gasteiger partial charge >= 0.3 is 0 Å². The summed E-state index contributed by atoms with van der Waals surface area (Å²) in [7, 11) is -2.73. The van der Waals surface area contributed by atoms with E-state index in [0.29, 0.717) is 17.5 Å². The van der Waals surface area contributed by atoms with Crippen molar-refractivity contribution in [2.45, 2.75) is 58.0 Å². The second-order valence-corrected chi connectivity index (χ2v) is 6.89. The fraction of sp³-hybridized carbons (Fsp3) is 1.00. The van der Waals surface area contributed by atoms with Gasteiger partial charge in [-0.3, -0.25) is 0 Å². The van der Waals surface area contributed by atoms with Gasteiger partial charge in [-0.1, -0.05) is 26.2 Å². The van der Waals surface area contributed by atoms with Crippen molar-refractivity contribution < 1.29 is 8.42 Å². The topological polar surface area (TPSA) is 46.2 Å². The minimum absolute atomic E-state index is 0.201. The van der Waals surface area contributed by atoms with Gasteiger partial charge in [0.25, 0.3) is 0 Å². The maximum atomic E-state index is 11.2. The number of nitrogens with one attached hydrogen (secondary N) is 1. The fourth-order valence-corrected chi connectivity index (χ4v) is 3.80. The summed E-state index contributed by atoms with van der Waals surface area (Å²) in [6.07, 6.45) is 5.70. The van der Waals surface area contributed by atoms with Crippen LogP contribution in [0.15, 0.2) is 0 Å². The van der Waals surface area contributed by atoms with Crippen LogP contribution in [0.4, 0.5) is 0 Å². The van der Waals surface area contributed by atoms with Gasteiger partial charge in [0.05, 0.1) is 11.5 Å². The average Bonchev–Trinajstić information content (AvgIpc) is 2.46. The summed E-state index contributed by atoms with van der Waals surface area (Å²) >= 11 is 0. The van der Waals surface area contributed by atoms with Gasteiger partial charge in [0.15, 0.2) is 9.84 Å². The molecule has 0 bridgehead atoms. The standard InChI is InChI=1S/C11H23NO2S/c1-3-4-5-6-10(2)12-11-7-8-15(13,14)9-11/h10-12H,3-9H2,1-2H3/t10-,11-/m0/s1. The number of rotatable bonds is 6. The zero-order valence-electron chi connectivity index (χ0n) is 9.83. The Morgan fingerprint density at radius 3 is 2.67 bits per heavy atom. The van der Waals surface area contributed by atoms with Crippen molar-refractivity contribution in [2.75, 3.05) is 11.5 Å². The van der Waals surface area contributed by atoms with Crippen LogP contribution >= 0.6 is 0 Å². The molecule has 0 aromatic rings. The Balaban J connectivity index is 2.19. The van der Waals surface area contributed by atoms with Crippen LogP contribution in [0.3, 0.4) is 0 Å². The third-order valence-electron chi connectivity index (χ3n) is 2.99. The molecule has 1 fully saturated rings. The van der Waals surface area contributed by atoms with Gasteiger partial charge in [-0.25, -0.2) is 8.42 Å². The monoisotopic (exact) mass is 233 g/mol. The molecule has 90 valence electrons. The van der Waals surface area contributed by atoms with Gasteiger partial charge in [-0.05, 0) is 19.8 Å². The molecule has 0 amide bonds. The van der Waals surface area contributed by atoms with Crippen molar-refractivity contribution >= 4 is 9.84 Å². The van der Waals surface area contributed by atoms with E-state index < -0.39 is 9.84 Å². The molecule has 1 aliphatic rings. The predicted molar refractivity (Wildman–Crippen MR) is 63.8 cm³/mol. The average molecular weight is 233 g/mol. The molecule has 2 atom stereocenters. The van der Waals surface area contributed by atoms with Gasteiger partial charge in [-0.2, -0.15) is 0 Å². The van der Waals surface area contributed by atoms with Crippen LogP contribution in [0.25, 0.3) is 0 Å². The van der Waals surface area contributed by atoms with Gasteiger partial charge in [0.1, 0.15) is 0 Å². The third kappa shape index (κ3) is 4.98. The lowest BCUT2D eigenvalue weighted by Gasteiger charge is -2.18. The van der Waals surface area contributed by atoms with E-state index in [4.69, 9.17) is 0 Å². The minimum atomic E-state index is -2.73. The van der Waals surface area contributed by atoms with E-state index in [2.05, 4.69) is 19.2 Å². The van der Waals surface area contributed by atoms with Crippen LogP contribution in [0, 0.1) is 0 Å². The van der Waals surface area contributed by atoms with Crippen molar-refractivity contribution in [3.8, 4) is 0 Å². The molecule has 1 heterocycles. The first-order valence-corrected chi connectivity index (χ1v) is 7.82. The Labute approximate surface area is 93.6 Å². The van der Waals surface area contributed by atoms with Gasteiger partial charge in [0.2, 0.25) is 0 Å². The molecule has 15 heavy (non-hydrogen) atoms. The molecule has 0 spiro atoms. The molecule has 0 radical (unpaired) electrons. The maximum Gasteiger partial charge on any atom is 0.151 e. The number of hydrogen-bond donors (Lipinski definition) is 1. The molecule has 4 heteroatoms. The largest absolute Gasteiger partial charge is 0.310 e. The molecule has 0 aliphatic carbocycles. The first kappa shape index (κ1) is 13.0. The number of hydrogen-bond acceptors (Lipinski definition) is 3. The first-order valence-electron chi connectivity index (χ1n) is 6.00. The molecule has 0 unspecified atom stereocenters. The maximum absolute atomic E-state index is 11.2. The van der Waals surface area contributed by atoms with Crippen molar-refractivity contribution in [2.24, 2.45) is 0 Å². The summed E-state index contributed by atoms with van der Waals surface area (Å²) in [6, 6.07) is 0.654. The fourth-order valence-electron chi connectivity index (χ4n) is 2.11. The Kier molecular flexibility index (Phi) is 5.06. The lowest BCUT2D eigenvalue weighted by molar-refractivity contribution is 0.435. The van der Waals surface area contributed by atoms with Crippen molar-refractivity contribution in [3.05, 3.63) is 0 Å².